The lowest BCUT2D eigenvalue weighted by Crippen LogP contribution is -2.43. The van der Waals surface area contributed by atoms with Gasteiger partial charge in [0.2, 0.25) is 0 Å². The van der Waals surface area contributed by atoms with Crippen LogP contribution in [-0.4, -0.2) is 57.5 Å². The molecule has 11 rings (SSSR count). The quantitative estimate of drug-likeness (QED) is 0.126. The van der Waals surface area contributed by atoms with Gasteiger partial charge in [-0.2, -0.15) is 0 Å². The summed E-state index contributed by atoms with van der Waals surface area (Å²) in [5.41, 5.74) is 15.8. The van der Waals surface area contributed by atoms with Crippen LogP contribution in [-0.2, 0) is 6.54 Å². The van der Waals surface area contributed by atoms with Crippen LogP contribution in [0.5, 0.6) is 0 Å². The van der Waals surface area contributed by atoms with Crippen molar-refractivity contribution in [2.24, 2.45) is 0 Å². The molecule has 2 N–H and O–H groups in total. The highest BCUT2D eigenvalue weighted by Gasteiger charge is 2.41. The summed E-state index contributed by atoms with van der Waals surface area (Å²) in [5.74, 6) is 6.80. The van der Waals surface area contributed by atoms with Gasteiger partial charge in [0.05, 0.1) is 11.0 Å². The van der Waals surface area contributed by atoms with E-state index < -0.39 is 8.07 Å². The zero-order chi connectivity index (χ0) is 43.9. The maximum Gasteiger partial charge on any atom is 0.164 e. The molecule has 6 heterocycles. The smallest absolute Gasteiger partial charge is 0.164 e. The molecule has 0 radical (unpaired) electrons. The second-order valence-electron chi connectivity index (χ2n) is 17.9. The van der Waals surface area contributed by atoms with E-state index in [-0.39, 0.29) is 0 Å². The summed E-state index contributed by atoms with van der Waals surface area (Å²) in [6.45, 7) is 17.1. The number of benzene rings is 5. The zero-order valence-electron chi connectivity index (χ0n) is 37.1. The van der Waals surface area contributed by atoms with E-state index in [1.165, 1.54) is 0 Å². The summed E-state index contributed by atoms with van der Waals surface area (Å²) < 4.78 is 2.32. The van der Waals surface area contributed by atoms with Gasteiger partial charge in [0.15, 0.2) is 23.3 Å². The average Bonchev–Trinajstić information content (AvgIpc) is 4.09. The molecule has 0 spiro atoms. The fourth-order valence-corrected chi connectivity index (χ4v) is 15.5. The molecule has 0 amide bonds. The number of nitrogens with zero attached hydrogens (tertiary/aromatic N) is 8. The average molecular weight is 853 g/mol. The number of imidazole rings is 1. The Morgan fingerprint density at radius 3 is 1.41 bits per heavy atom. The van der Waals surface area contributed by atoms with Crippen LogP contribution in [0.3, 0.4) is 0 Å². The van der Waals surface area contributed by atoms with Crippen molar-refractivity contribution < 1.29 is 0 Å². The number of H-pyrrole nitrogens is 2. The van der Waals surface area contributed by atoms with Crippen molar-refractivity contribution >= 4 is 63.2 Å². The monoisotopic (exact) mass is 852 g/mol. The lowest BCUT2D eigenvalue weighted by Gasteiger charge is -2.38. The number of hydrogen-bond donors (Lipinski definition) is 2. The minimum atomic E-state index is -1.87. The summed E-state index contributed by atoms with van der Waals surface area (Å²) in [6, 6.07) is 37.4. The molecule has 314 valence electrons. The first kappa shape index (κ1) is 39.5. The van der Waals surface area contributed by atoms with Crippen molar-refractivity contribution in [2.45, 2.75) is 78.1 Å². The maximum absolute atomic E-state index is 5.34. The van der Waals surface area contributed by atoms with Gasteiger partial charge in [-0.3, -0.25) is 0 Å². The van der Waals surface area contributed by atoms with Crippen LogP contribution in [0, 0.1) is 11.5 Å². The Morgan fingerprint density at radius 1 is 0.516 bits per heavy atom. The highest BCUT2D eigenvalue weighted by molar-refractivity contribution is 6.90. The molecule has 0 atom stereocenters. The van der Waals surface area contributed by atoms with Crippen LogP contribution in [0.25, 0.3) is 112 Å². The van der Waals surface area contributed by atoms with Gasteiger partial charge in [0.25, 0.3) is 0 Å². The lowest BCUT2D eigenvalue weighted by atomic mass is 10.1. The van der Waals surface area contributed by atoms with Crippen molar-refractivity contribution in [2.75, 3.05) is 0 Å². The predicted octanol–water partition coefficient (Wildman–Crippen LogP) is 12.9. The second-order valence-corrected chi connectivity index (χ2v) is 23.5. The first-order chi connectivity index (χ1) is 31.1. The second kappa shape index (κ2) is 15.2. The zero-order valence-corrected chi connectivity index (χ0v) is 38.1. The Balaban J connectivity index is 1.13. The molecule has 9 aromatic rings. The molecule has 2 aliphatic heterocycles. The van der Waals surface area contributed by atoms with Gasteiger partial charge in [0.1, 0.15) is 36.5 Å². The molecule has 8 bridgehead atoms. The first-order valence-electron chi connectivity index (χ1n) is 22.4. The minimum Gasteiger partial charge on any atom is -0.324 e. The first-order valence-corrected chi connectivity index (χ1v) is 24.6. The summed E-state index contributed by atoms with van der Waals surface area (Å²) in [4.78, 5) is 43.5. The Morgan fingerprint density at radius 2 is 0.953 bits per heavy atom. The molecular weight excluding hydrogens is 805 g/mol. The molecule has 5 aromatic carbocycles. The van der Waals surface area contributed by atoms with Crippen LogP contribution in [0.1, 0.15) is 60.5 Å². The standard InChI is InChI=1S/C53H48N10Si/c1-8-26-63-44-29-42-41(28-43(44)54-53(63)34-23-21-33(22-24-34)25-27-64(30(2)3,31(4)5)32(6)7)51-60-49-39-19-13-11-17-37(39)47(58-49)56-45-35-15-9-10-16-36(35)46(55-45)57-48-38-18-12-14-20-40(38)50(59-48)61-52(42)62-51/h9-24,28-32H,8,26H2,1-7H3,(H2,55,56,57,58,59,60,61,62). The molecule has 10 nitrogen and oxygen atoms in total. The van der Waals surface area contributed by atoms with Crippen molar-refractivity contribution in [1.82, 2.24) is 49.4 Å². The van der Waals surface area contributed by atoms with E-state index in [0.29, 0.717) is 62.5 Å². The van der Waals surface area contributed by atoms with E-state index in [9.17, 15) is 0 Å². The number of fused-ring (bicyclic) bond motifs is 21. The van der Waals surface area contributed by atoms with Crippen LogP contribution in [0.4, 0.5) is 0 Å². The van der Waals surface area contributed by atoms with Crippen LogP contribution >= 0.6 is 0 Å². The molecule has 0 saturated heterocycles. The molecule has 0 aliphatic carbocycles. The Labute approximate surface area is 372 Å². The highest BCUT2D eigenvalue weighted by atomic mass is 28.3. The van der Waals surface area contributed by atoms with Gasteiger partial charge in [-0.25, -0.2) is 34.9 Å². The van der Waals surface area contributed by atoms with Crippen LogP contribution in [0.2, 0.25) is 16.6 Å². The summed E-state index contributed by atoms with van der Waals surface area (Å²) in [7, 11) is -1.87. The molecular formula is C53H48N10Si. The normalized spacial score (nSPS) is 12.4. The predicted molar refractivity (Wildman–Crippen MR) is 263 cm³/mol. The third-order valence-corrected chi connectivity index (χ3v) is 19.6. The van der Waals surface area contributed by atoms with Crippen molar-refractivity contribution in [3.8, 4) is 68.4 Å². The Bertz CT molecular complexity index is 3560. The van der Waals surface area contributed by atoms with Gasteiger partial charge in [0, 0.05) is 61.5 Å². The maximum atomic E-state index is 5.34. The molecule has 64 heavy (non-hydrogen) atoms. The molecule has 4 aromatic heterocycles. The van der Waals surface area contributed by atoms with Gasteiger partial charge >= 0.3 is 0 Å². The third-order valence-electron chi connectivity index (χ3n) is 13.3. The molecule has 0 saturated carbocycles. The summed E-state index contributed by atoms with van der Waals surface area (Å²) in [6.07, 6.45) is 0.937. The number of nitrogens with one attached hydrogen (secondary N) is 2. The van der Waals surface area contributed by atoms with Crippen LogP contribution in [0.15, 0.2) is 109 Å². The summed E-state index contributed by atoms with van der Waals surface area (Å²) >= 11 is 0. The number of aryl methyl sites for hydroxylation is 1. The van der Waals surface area contributed by atoms with Gasteiger partial charge in [-0.1, -0.05) is 139 Å². The van der Waals surface area contributed by atoms with Gasteiger partial charge in [-0.15, -0.1) is 5.54 Å². The van der Waals surface area contributed by atoms with E-state index in [0.717, 1.165) is 84.7 Å². The fraction of sp³-hybridized carbons (Fsp3) is 0.226. The van der Waals surface area contributed by atoms with Gasteiger partial charge < -0.3 is 14.5 Å². The SMILES string of the molecule is CCCn1c(-c2ccc(C#C[Si](C(C)C)(C(C)C)C(C)C)cc2)nc2cc3c(cc21)-c1nc-3nc2[nH]c(nc3nc(nc4[nH]c(n1)c1ccccc41)-c1ccccc1-3)c1ccccc21. The van der Waals surface area contributed by atoms with E-state index in [4.69, 9.17) is 34.9 Å². The lowest BCUT2D eigenvalue weighted by molar-refractivity contribution is 0.704. The van der Waals surface area contributed by atoms with Crippen molar-refractivity contribution in [3.63, 3.8) is 0 Å². The number of rotatable bonds is 6. The van der Waals surface area contributed by atoms with Crippen molar-refractivity contribution in [1.29, 1.82) is 0 Å². The third kappa shape index (κ3) is 6.26. The Kier molecular flexibility index (Phi) is 9.40. The van der Waals surface area contributed by atoms with Crippen LogP contribution < -0.4 is 0 Å². The van der Waals surface area contributed by atoms with E-state index in [1.807, 2.05) is 48.5 Å². The van der Waals surface area contributed by atoms with E-state index in [1.54, 1.807) is 0 Å². The number of aromatic amines is 2. The van der Waals surface area contributed by atoms with Crippen molar-refractivity contribution in [3.05, 3.63) is 115 Å². The number of hydrogen-bond acceptors (Lipinski definition) is 7. The number of aromatic nitrogens is 10. The molecule has 0 unspecified atom stereocenters. The van der Waals surface area contributed by atoms with E-state index in [2.05, 4.69) is 135 Å². The minimum absolute atomic E-state index is 0.541. The molecule has 11 heteroatoms. The molecule has 0 fully saturated rings. The highest BCUT2D eigenvalue weighted by Crippen LogP contribution is 2.42. The largest absolute Gasteiger partial charge is 0.324 e. The molecule has 2 aliphatic rings. The van der Waals surface area contributed by atoms with E-state index >= 15 is 0 Å². The topological polar surface area (TPSA) is 127 Å². The Hall–Kier alpha value is -7.29. The van der Waals surface area contributed by atoms with Gasteiger partial charge in [-0.05, 0) is 47.3 Å². The fourth-order valence-electron chi connectivity index (χ4n) is 10.2. The summed E-state index contributed by atoms with van der Waals surface area (Å²) in [5, 5.41) is 3.72.